The molecule has 0 bridgehead atoms. The lowest BCUT2D eigenvalue weighted by Gasteiger charge is -2.18. The van der Waals surface area contributed by atoms with Gasteiger partial charge < -0.3 is 27.6 Å². The predicted molar refractivity (Wildman–Crippen MR) is 95.8 cm³/mol. The molecule has 2 aromatic rings. The summed E-state index contributed by atoms with van der Waals surface area (Å²) in [5, 5.41) is 0. The Balaban J connectivity index is 1.11. The summed E-state index contributed by atoms with van der Waals surface area (Å²) in [4.78, 5) is 0. The first-order valence-electron chi connectivity index (χ1n) is 8.36. The molecule has 0 saturated carbocycles. The maximum Gasteiger partial charge on any atom is 0.465 e. The van der Waals surface area contributed by atoms with E-state index in [1.807, 2.05) is 48.5 Å². The molecule has 142 valence electrons. The second kappa shape index (κ2) is 7.76. The smallest absolute Gasteiger partial charge is 0.414 e. The highest BCUT2D eigenvalue weighted by molar-refractivity contribution is 7.43. The lowest BCUT2D eigenvalue weighted by Crippen LogP contribution is -2.23. The number of rotatable bonds is 4. The molecule has 8 nitrogen and oxygen atoms in total. The van der Waals surface area contributed by atoms with E-state index in [2.05, 4.69) is 0 Å². The topological polar surface area (TPSA) is 73.8 Å². The third kappa shape index (κ3) is 3.97. The molecule has 1 fully saturated rings. The van der Waals surface area contributed by atoms with Crippen LogP contribution in [-0.4, -0.2) is 32.2 Å². The lowest BCUT2D eigenvalue weighted by atomic mass is 10.3. The van der Waals surface area contributed by atoms with Gasteiger partial charge in [0.05, 0.1) is 19.8 Å². The number of fused-ring (bicyclic) bond motifs is 2. The summed E-state index contributed by atoms with van der Waals surface area (Å²) in [7, 11) is -3.07. The van der Waals surface area contributed by atoms with Crippen LogP contribution in [0.1, 0.15) is 0 Å². The number of para-hydroxylation sites is 4. The van der Waals surface area contributed by atoms with Gasteiger partial charge in [0.2, 0.25) is 0 Å². The first kappa shape index (κ1) is 17.4. The fourth-order valence-corrected chi connectivity index (χ4v) is 4.76. The zero-order valence-corrected chi connectivity index (χ0v) is 15.8. The minimum atomic E-state index is -1.56. The predicted octanol–water partition coefficient (Wildman–Crippen LogP) is 4.16. The molecule has 27 heavy (non-hydrogen) atoms. The largest absolute Gasteiger partial charge is 0.465 e. The van der Waals surface area contributed by atoms with Crippen molar-refractivity contribution in [3.05, 3.63) is 48.5 Å². The van der Waals surface area contributed by atoms with Gasteiger partial charge in [0, 0.05) is 0 Å². The molecule has 0 spiro atoms. The Morgan fingerprint density at radius 2 is 1.19 bits per heavy atom. The van der Waals surface area contributed by atoms with Gasteiger partial charge in [-0.1, -0.05) is 24.3 Å². The summed E-state index contributed by atoms with van der Waals surface area (Å²) < 4.78 is 45.5. The third-order valence-corrected chi connectivity index (χ3v) is 6.11. The highest BCUT2D eigenvalue weighted by atomic mass is 31.2. The van der Waals surface area contributed by atoms with E-state index in [4.69, 9.17) is 36.6 Å². The van der Waals surface area contributed by atoms with Gasteiger partial charge in [-0.25, -0.2) is 0 Å². The molecule has 0 aliphatic carbocycles. The van der Waals surface area contributed by atoms with Crippen LogP contribution >= 0.6 is 17.2 Å². The Bertz CT molecular complexity index is 691. The van der Waals surface area contributed by atoms with Crippen LogP contribution < -0.4 is 18.1 Å². The quantitative estimate of drug-likeness (QED) is 0.696. The molecule has 2 aromatic carbocycles. The Morgan fingerprint density at radius 3 is 1.74 bits per heavy atom. The highest BCUT2D eigenvalue weighted by Crippen LogP contribution is 2.54. The Kier molecular flexibility index (Phi) is 5.01. The van der Waals surface area contributed by atoms with E-state index < -0.39 is 23.5 Å². The average Bonchev–Trinajstić information content (AvgIpc) is 3.21. The zero-order chi connectivity index (χ0) is 18.1. The van der Waals surface area contributed by atoms with Gasteiger partial charge in [-0.05, 0) is 24.3 Å². The van der Waals surface area contributed by atoms with E-state index in [1.54, 1.807) is 0 Å². The highest BCUT2D eigenvalue weighted by Gasteiger charge is 2.35. The zero-order valence-electron chi connectivity index (χ0n) is 14.1. The summed E-state index contributed by atoms with van der Waals surface area (Å²) in [5.74, 6) is 2.69. The first-order chi connectivity index (χ1) is 13.3. The normalized spacial score (nSPS) is 24.7. The van der Waals surface area contributed by atoms with E-state index >= 15 is 0 Å². The molecule has 0 N–H and O–H groups in total. The minimum absolute atomic E-state index is 0.252. The van der Waals surface area contributed by atoms with E-state index in [-0.39, 0.29) is 19.3 Å². The summed E-state index contributed by atoms with van der Waals surface area (Å²) >= 11 is 0. The van der Waals surface area contributed by atoms with E-state index in [9.17, 15) is 0 Å². The lowest BCUT2D eigenvalue weighted by molar-refractivity contribution is -0.103. The van der Waals surface area contributed by atoms with Crippen LogP contribution in [0.5, 0.6) is 23.0 Å². The van der Waals surface area contributed by atoms with Crippen molar-refractivity contribution in [2.45, 2.75) is 12.4 Å². The molecule has 3 aliphatic heterocycles. The average molecular weight is 410 g/mol. The molecular weight excluding hydrogens is 394 g/mol. The maximum atomic E-state index is 5.84. The van der Waals surface area contributed by atoms with E-state index in [0.29, 0.717) is 29.6 Å². The molecule has 5 rings (SSSR count). The number of hydrogen-bond donors (Lipinski definition) is 0. The number of benzene rings is 2. The molecule has 10 heteroatoms. The van der Waals surface area contributed by atoms with Gasteiger partial charge in [-0.15, -0.1) is 0 Å². The number of ether oxygens (including phenoxy) is 2. The minimum Gasteiger partial charge on any atom is -0.414 e. The van der Waals surface area contributed by atoms with Crippen molar-refractivity contribution in [3.63, 3.8) is 0 Å². The van der Waals surface area contributed by atoms with E-state index in [0.717, 1.165) is 0 Å². The first-order valence-corrected chi connectivity index (χ1v) is 10.6. The molecule has 0 radical (unpaired) electrons. The molecular formula is C17H16O8P2. The third-order valence-electron chi connectivity index (χ3n) is 3.85. The van der Waals surface area contributed by atoms with Crippen molar-refractivity contribution in [3.8, 4) is 23.0 Å². The van der Waals surface area contributed by atoms with Crippen LogP contribution in [0.3, 0.4) is 0 Å². The van der Waals surface area contributed by atoms with Crippen LogP contribution in [-0.2, 0) is 18.5 Å². The van der Waals surface area contributed by atoms with Crippen molar-refractivity contribution >= 4 is 17.2 Å². The summed E-state index contributed by atoms with van der Waals surface area (Å²) in [6.45, 7) is 0.881. The molecule has 3 aliphatic rings. The summed E-state index contributed by atoms with van der Waals surface area (Å²) in [6, 6.07) is 14.9. The van der Waals surface area contributed by atoms with Crippen LogP contribution in [0.4, 0.5) is 0 Å². The second-order valence-electron chi connectivity index (χ2n) is 5.84. The van der Waals surface area contributed by atoms with Crippen LogP contribution in [0.25, 0.3) is 0 Å². The summed E-state index contributed by atoms with van der Waals surface area (Å²) in [5.41, 5.74) is 0. The van der Waals surface area contributed by atoms with Gasteiger partial charge in [-0.3, -0.25) is 9.05 Å². The van der Waals surface area contributed by atoms with Crippen molar-refractivity contribution < 1.29 is 36.6 Å². The van der Waals surface area contributed by atoms with Crippen molar-refractivity contribution in [2.24, 2.45) is 0 Å². The molecule has 0 aromatic heterocycles. The Labute approximate surface area is 158 Å². The molecule has 2 atom stereocenters. The molecule has 1 saturated heterocycles. The molecule has 0 amide bonds. The van der Waals surface area contributed by atoms with Crippen molar-refractivity contribution in [2.75, 3.05) is 19.8 Å². The van der Waals surface area contributed by atoms with Crippen LogP contribution in [0.2, 0.25) is 0 Å². The van der Waals surface area contributed by atoms with Gasteiger partial charge in [0.15, 0.2) is 29.3 Å². The van der Waals surface area contributed by atoms with Gasteiger partial charge in [0.1, 0.15) is 6.10 Å². The van der Waals surface area contributed by atoms with Gasteiger partial charge in [0.25, 0.3) is 0 Å². The fraction of sp³-hybridized carbons (Fsp3) is 0.294. The second-order valence-corrected chi connectivity index (χ2v) is 7.89. The van der Waals surface area contributed by atoms with Crippen LogP contribution in [0, 0.1) is 0 Å². The Hall–Kier alpha value is -1.66. The van der Waals surface area contributed by atoms with Crippen molar-refractivity contribution in [1.29, 1.82) is 0 Å². The van der Waals surface area contributed by atoms with Crippen molar-refractivity contribution in [1.82, 2.24) is 0 Å². The molecule has 3 heterocycles. The van der Waals surface area contributed by atoms with Gasteiger partial charge in [-0.2, -0.15) is 0 Å². The van der Waals surface area contributed by atoms with Crippen LogP contribution in [0.15, 0.2) is 48.5 Å². The standard InChI is InChI=1S/C17H16O8P2/c1-2-6-14-13(5-1)21-26(22-14)20-12-9-18-11-17(19-10-12)25-27-23-15-7-3-4-8-16(15)24-27/h1-8,12,17H,9-11H2/t12-,17?/m0/s1. The monoisotopic (exact) mass is 410 g/mol. The number of hydrogen-bond acceptors (Lipinski definition) is 8. The Morgan fingerprint density at radius 1 is 0.667 bits per heavy atom. The molecule has 1 unspecified atom stereocenters. The fourth-order valence-electron chi connectivity index (χ4n) is 2.59. The van der Waals surface area contributed by atoms with Gasteiger partial charge >= 0.3 is 17.2 Å². The SMILES string of the molecule is c1ccc2c(c1)OP(OC1COC[C@H](OP3Oc4ccccc4O3)CO1)O2. The van der Waals surface area contributed by atoms with E-state index in [1.165, 1.54) is 0 Å². The summed E-state index contributed by atoms with van der Waals surface area (Å²) in [6.07, 6.45) is -0.927. The maximum absolute atomic E-state index is 5.84.